The molecule has 0 aliphatic carbocycles. The van der Waals surface area contributed by atoms with Crippen LogP contribution in [0.5, 0.6) is 0 Å². The molecule has 1 saturated heterocycles. The molecule has 1 aromatic heterocycles. The van der Waals surface area contributed by atoms with Crippen LogP contribution in [0.4, 0.5) is 0 Å². The fourth-order valence-electron chi connectivity index (χ4n) is 4.65. The molecule has 3 heterocycles. The van der Waals surface area contributed by atoms with Gasteiger partial charge < -0.3 is 10.2 Å². The molecule has 2 amide bonds. The Bertz CT molecular complexity index is 886. The van der Waals surface area contributed by atoms with Crippen LogP contribution in [0, 0.1) is 5.92 Å². The lowest BCUT2D eigenvalue weighted by Gasteiger charge is -2.32. The number of nitrogens with zero attached hydrogens (tertiary/aromatic N) is 3. The molecule has 1 atom stereocenters. The highest BCUT2D eigenvalue weighted by Crippen LogP contribution is 2.23. The van der Waals surface area contributed by atoms with Crippen molar-refractivity contribution in [2.24, 2.45) is 5.92 Å². The molecule has 0 spiro atoms. The van der Waals surface area contributed by atoms with Crippen LogP contribution in [-0.2, 0) is 29.1 Å². The summed E-state index contributed by atoms with van der Waals surface area (Å²) in [5.74, 6) is 0.266. The molecule has 2 aliphatic rings. The Kier molecular flexibility index (Phi) is 7.30. The lowest BCUT2D eigenvalue weighted by molar-refractivity contribution is -0.137. The number of fused-ring (bicyclic) bond motifs is 1. The molecule has 2 aromatic rings. The van der Waals surface area contributed by atoms with Crippen molar-refractivity contribution < 1.29 is 9.59 Å². The van der Waals surface area contributed by atoms with Crippen LogP contribution < -0.4 is 5.32 Å². The van der Waals surface area contributed by atoms with Gasteiger partial charge in [-0.3, -0.25) is 19.5 Å². The monoisotopic (exact) mass is 420 g/mol. The summed E-state index contributed by atoms with van der Waals surface area (Å²) in [5.41, 5.74) is 3.76. The van der Waals surface area contributed by atoms with Crippen molar-refractivity contribution in [2.75, 3.05) is 26.2 Å². The largest absolute Gasteiger partial charge is 0.356 e. The lowest BCUT2D eigenvalue weighted by atomic mass is 9.94. The first-order chi connectivity index (χ1) is 15.2. The number of amides is 2. The highest BCUT2D eigenvalue weighted by molar-refractivity contribution is 5.79. The van der Waals surface area contributed by atoms with Crippen LogP contribution in [0.25, 0.3) is 0 Å². The van der Waals surface area contributed by atoms with Crippen LogP contribution >= 0.6 is 0 Å². The van der Waals surface area contributed by atoms with Gasteiger partial charge in [-0.05, 0) is 55.0 Å². The normalized spacial score (nSPS) is 21.0. The zero-order valence-electron chi connectivity index (χ0n) is 18.1. The fraction of sp³-hybridized carbons (Fsp3) is 0.480. The quantitative estimate of drug-likeness (QED) is 0.829. The van der Waals surface area contributed by atoms with Gasteiger partial charge in [0.25, 0.3) is 0 Å². The van der Waals surface area contributed by atoms with Gasteiger partial charge in [0.15, 0.2) is 0 Å². The molecule has 0 bridgehead atoms. The van der Waals surface area contributed by atoms with Gasteiger partial charge in [-0.2, -0.15) is 0 Å². The highest BCUT2D eigenvalue weighted by atomic mass is 16.2. The third-order valence-corrected chi connectivity index (χ3v) is 6.42. The second kappa shape index (κ2) is 10.5. The summed E-state index contributed by atoms with van der Waals surface area (Å²) in [4.78, 5) is 34.2. The molecule has 0 saturated carbocycles. The number of carbonyl (C=O) groups is 2. The zero-order valence-corrected chi connectivity index (χ0v) is 18.1. The number of aromatic nitrogens is 1. The summed E-state index contributed by atoms with van der Waals surface area (Å²) >= 11 is 0. The molecule has 1 fully saturated rings. The van der Waals surface area contributed by atoms with E-state index in [9.17, 15) is 9.59 Å². The van der Waals surface area contributed by atoms with Gasteiger partial charge in [0, 0.05) is 57.5 Å². The maximum atomic E-state index is 13.4. The Morgan fingerprint density at radius 2 is 1.90 bits per heavy atom. The molecule has 0 radical (unpaired) electrons. The first-order valence-electron chi connectivity index (χ1n) is 11.4. The molecule has 164 valence electrons. The highest BCUT2D eigenvalue weighted by Gasteiger charge is 2.27. The average molecular weight is 421 g/mol. The van der Waals surface area contributed by atoms with Gasteiger partial charge in [-0.25, -0.2) is 0 Å². The van der Waals surface area contributed by atoms with E-state index < -0.39 is 0 Å². The molecule has 1 aromatic carbocycles. The summed E-state index contributed by atoms with van der Waals surface area (Å²) in [5, 5.41) is 3.02. The van der Waals surface area contributed by atoms with E-state index >= 15 is 0 Å². The average Bonchev–Trinajstić information content (AvgIpc) is 2.84. The van der Waals surface area contributed by atoms with Crippen molar-refractivity contribution in [1.29, 1.82) is 0 Å². The molecule has 4 rings (SSSR count). The summed E-state index contributed by atoms with van der Waals surface area (Å²) in [6.07, 6.45) is 7.59. The maximum absolute atomic E-state index is 13.4. The van der Waals surface area contributed by atoms with Crippen LogP contribution in [-0.4, -0.2) is 52.8 Å². The van der Waals surface area contributed by atoms with Crippen molar-refractivity contribution >= 4 is 11.8 Å². The second-order valence-corrected chi connectivity index (χ2v) is 8.64. The van der Waals surface area contributed by atoms with Gasteiger partial charge in [0.2, 0.25) is 11.8 Å². The number of rotatable bonds is 3. The van der Waals surface area contributed by atoms with Crippen molar-refractivity contribution in [3.05, 3.63) is 65.5 Å². The minimum Gasteiger partial charge on any atom is -0.356 e. The van der Waals surface area contributed by atoms with Gasteiger partial charge in [-0.1, -0.05) is 30.3 Å². The van der Waals surface area contributed by atoms with E-state index in [1.807, 2.05) is 23.2 Å². The molecular weight excluding hydrogens is 388 g/mol. The van der Waals surface area contributed by atoms with E-state index in [1.54, 1.807) is 6.20 Å². The Morgan fingerprint density at radius 1 is 1.03 bits per heavy atom. The van der Waals surface area contributed by atoms with E-state index in [-0.39, 0.29) is 17.7 Å². The minimum atomic E-state index is -0.0381. The van der Waals surface area contributed by atoms with E-state index in [4.69, 9.17) is 0 Å². The minimum absolute atomic E-state index is 0.0381. The second-order valence-electron chi connectivity index (χ2n) is 8.64. The van der Waals surface area contributed by atoms with Crippen molar-refractivity contribution in [2.45, 2.75) is 45.2 Å². The third kappa shape index (κ3) is 5.91. The van der Waals surface area contributed by atoms with Crippen molar-refractivity contribution in [1.82, 2.24) is 20.1 Å². The lowest BCUT2D eigenvalue weighted by Crippen LogP contribution is -2.40. The number of hydrogen-bond donors (Lipinski definition) is 1. The summed E-state index contributed by atoms with van der Waals surface area (Å²) in [6, 6.07) is 12.4. The van der Waals surface area contributed by atoms with Gasteiger partial charge in [0.05, 0.1) is 0 Å². The summed E-state index contributed by atoms with van der Waals surface area (Å²) < 4.78 is 0. The molecule has 31 heavy (non-hydrogen) atoms. The smallest absolute Gasteiger partial charge is 0.226 e. The van der Waals surface area contributed by atoms with E-state index in [0.717, 1.165) is 51.0 Å². The number of nitrogens with one attached hydrogen (secondary N) is 1. The zero-order chi connectivity index (χ0) is 21.5. The predicted octanol–water partition coefficient (Wildman–Crippen LogP) is 2.77. The Balaban J connectivity index is 1.39. The molecule has 2 aliphatic heterocycles. The molecule has 1 N–H and O–H groups in total. The Hall–Kier alpha value is -2.73. The first kappa shape index (κ1) is 21.5. The number of pyridine rings is 1. The standard InChI is InChI=1S/C25H32N4O2/c30-24-11-15-28(18-20-5-3-12-26-17-20)14-4-8-22(9-13-27-24)25(31)29-16-10-21-6-1-2-7-23(21)19-29/h1-3,5-7,12,17,22H,4,8-11,13-16,18-19H2,(H,27,30). The number of carbonyl (C=O) groups excluding carboxylic acids is 2. The number of benzene rings is 1. The van der Waals surface area contributed by atoms with E-state index in [0.29, 0.717) is 25.9 Å². The van der Waals surface area contributed by atoms with Gasteiger partial charge in [0.1, 0.15) is 0 Å². The summed E-state index contributed by atoms with van der Waals surface area (Å²) in [6.45, 7) is 4.44. The predicted molar refractivity (Wildman–Crippen MR) is 120 cm³/mol. The van der Waals surface area contributed by atoms with Gasteiger partial charge >= 0.3 is 0 Å². The SMILES string of the molecule is O=C1CCN(Cc2cccnc2)CCCC(C(=O)N2CCc3ccccc3C2)CCN1. The molecule has 6 heteroatoms. The van der Waals surface area contributed by atoms with Crippen LogP contribution in [0.3, 0.4) is 0 Å². The molecule has 1 unspecified atom stereocenters. The fourth-order valence-corrected chi connectivity index (χ4v) is 4.65. The molecular formula is C25H32N4O2. The third-order valence-electron chi connectivity index (χ3n) is 6.42. The Labute approximate surface area is 184 Å². The summed E-state index contributed by atoms with van der Waals surface area (Å²) in [7, 11) is 0. The first-order valence-corrected chi connectivity index (χ1v) is 11.4. The van der Waals surface area contributed by atoms with Crippen LogP contribution in [0.2, 0.25) is 0 Å². The van der Waals surface area contributed by atoms with Gasteiger partial charge in [-0.15, -0.1) is 0 Å². The van der Waals surface area contributed by atoms with Crippen LogP contribution in [0.1, 0.15) is 42.4 Å². The molecule has 6 nitrogen and oxygen atoms in total. The van der Waals surface area contributed by atoms with E-state index in [1.165, 1.54) is 11.1 Å². The van der Waals surface area contributed by atoms with Crippen LogP contribution in [0.15, 0.2) is 48.8 Å². The van der Waals surface area contributed by atoms with Crippen molar-refractivity contribution in [3.63, 3.8) is 0 Å². The maximum Gasteiger partial charge on any atom is 0.226 e. The number of hydrogen-bond acceptors (Lipinski definition) is 4. The van der Waals surface area contributed by atoms with Crippen molar-refractivity contribution in [3.8, 4) is 0 Å². The van der Waals surface area contributed by atoms with E-state index in [2.05, 4.69) is 39.5 Å². The Morgan fingerprint density at radius 3 is 2.74 bits per heavy atom. The topological polar surface area (TPSA) is 65.5 Å².